The third kappa shape index (κ3) is 5.46. The lowest BCUT2D eigenvalue weighted by Crippen LogP contribution is -2.35. The molecule has 0 bridgehead atoms. The standard InChI is InChI=1S/C24H28FN5O4S/c1-17-22(15-27-30(17)19-8-6-18(25)7-9-19)26-16-24(31)28-21-14-20(10-11-23(21)34-2)35(32,33)29-12-4-3-5-13-29/h6-11,14-15,26H,3-5,12-13,16H2,1-2H3,(H,28,31). The van der Waals surface area contributed by atoms with E-state index >= 15 is 0 Å². The van der Waals surface area contributed by atoms with Gasteiger partial charge in [-0.25, -0.2) is 17.5 Å². The average molecular weight is 502 g/mol. The van der Waals surface area contributed by atoms with Crippen LogP contribution in [-0.2, 0) is 14.8 Å². The number of halogens is 1. The normalized spacial score (nSPS) is 14.5. The van der Waals surface area contributed by atoms with Crippen LogP contribution in [0.4, 0.5) is 15.8 Å². The van der Waals surface area contributed by atoms with E-state index in [2.05, 4.69) is 15.7 Å². The quantitative estimate of drug-likeness (QED) is 0.489. The number of amides is 1. The Hall–Kier alpha value is -3.44. The fourth-order valence-corrected chi connectivity index (χ4v) is 5.54. The van der Waals surface area contributed by atoms with Gasteiger partial charge in [-0.3, -0.25) is 4.79 Å². The maximum absolute atomic E-state index is 13.2. The Balaban J connectivity index is 1.45. The average Bonchev–Trinajstić information content (AvgIpc) is 3.23. The molecule has 4 rings (SSSR count). The van der Waals surface area contributed by atoms with Crippen LogP contribution in [0.15, 0.2) is 53.6 Å². The molecule has 11 heteroatoms. The number of hydrogen-bond acceptors (Lipinski definition) is 6. The zero-order valence-corrected chi connectivity index (χ0v) is 20.4. The van der Waals surface area contributed by atoms with Crippen molar-refractivity contribution in [2.75, 3.05) is 37.4 Å². The van der Waals surface area contributed by atoms with E-state index in [1.165, 1.54) is 41.7 Å². The predicted molar refractivity (Wildman–Crippen MR) is 131 cm³/mol. The van der Waals surface area contributed by atoms with Gasteiger partial charge in [0.15, 0.2) is 0 Å². The Morgan fingerprint density at radius 1 is 1.09 bits per heavy atom. The number of nitrogens with zero attached hydrogens (tertiary/aromatic N) is 3. The van der Waals surface area contributed by atoms with Gasteiger partial charge in [0.05, 0.1) is 47.5 Å². The monoisotopic (exact) mass is 501 g/mol. The number of aromatic nitrogens is 2. The van der Waals surface area contributed by atoms with Gasteiger partial charge in [0, 0.05) is 13.1 Å². The predicted octanol–water partition coefficient (Wildman–Crippen LogP) is 3.55. The molecule has 2 N–H and O–H groups in total. The number of hydrogen-bond donors (Lipinski definition) is 2. The van der Waals surface area contributed by atoms with E-state index in [0.29, 0.717) is 30.2 Å². The minimum atomic E-state index is -3.66. The van der Waals surface area contributed by atoms with Crippen LogP contribution in [-0.4, -0.2) is 55.2 Å². The number of methoxy groups -OCH3 is 1. The summed E-state index contributed by atoms with van der Waals surface area (Å²) in [6.07, 6.45) is 4.27. The minimum Gasteiger partial charge on any atom is -0.495 e. The van der Waals surface area contributed by atoms with Crippen LogP contribution in [0.5, 0.6) is 5.75 Å². The molecule has 0 saturated carbocycles. The summed E-state index contributed by atoms with van der Waals surface area (Å²) in [5, 5.41) is 10.1. The zero-order valence-electron chi connectivity index (χ0n) is 19.6. The van der Waals surface area contributed by atoms with Crippen LogP contribution in [0.1, 0.15) is 25.0 Å². The zero-order chi connectivity index (χ0) is 25.0. The molecule has 2 heterocycles. The van der Waals surface area contributed by atoms with E-state index < -0.39 is 10.0 Å². The van der Waals surface area contributed by atoms with E-state index in [0.717, 1.165) is 25.0 Å². The van der Waals surface area contributed by atoms with Crippen LogP contribution < -0.4 is 15.4 Å². The molecule has 0 atom stereocenters. The third-order valence-corrected chi connectivity index (χ3v) is 7.81. The van der Waals surface area contributed by atoms with Crippen LogP contribution in [0.25, 0.3) is 5.69 Å². The SMILES string of the molecule is COc1ccc(S(=O)(=O)N2CCCCC2)cc1NC(=O)CNc1cnn(-c2ccc(F)cc2)c1C. The second kappa shape index (κ2) is 10.4. The van der Waals surface area contributed by atoms with Gasteiger partial charge in [0.2, 0.25) is 15.9 Å². The van der Waals surface area contributed by atoms with Crippen molar-refractivity contribution in [1.29, 1.82) is 0 Å². The molecule has 0 radical (unpaired) electrons. The second-order valence-electron chi connectivity index (χ2n) is 8.26. The highest BCUT2D eigenvalue weighted by atomic mass is 32.2. The van der Waals surface area contributed by atoms with E-state index in [1.54, 1.807) is 23.0 Å². The van der Waals surface area contributed by atoms with E-state index in [1.807, 2.05) is 6.92 Å². The summed E-state index contributed by atoms with van der Waals surface area (Å²) < 4.78 is 47.7. The van der Waals surface area contributed by atoms with Crippen molar-refractivity contribution in [1.82, 2.24) is 14.1 Å². The summed E-state index contributed by atoms with van der Waals surface area (Å²) in [7, 11) is -2.20. The molecule has 1 aliphatic rings. The molecule has 2 aromatic carbocycles. The molecule has 3 aromatic rings. The molecular weight excluding hydrogens is 473 g/mol. The molecule has 0 spiro atoms. The lowest BCUT2D eigenvalue weighted by Gasteiger charge is -2.26. The molecule has 1 saturated heterocycles. The number of sulfonamides is 1. The molecule has 1 aliphatic heterocycles. The van der Waals surface area contributed by atoms with Gasteiger partial charge < -0.3 is 15.4 Å². The summed E-state index contributed by atoms with van der Waals surface area (Å²) in [5.74, 6) is -0.363. The Labute approximate surface area is 203 Å². The highest BCUT2D eigenvalue weighted by molar-refractivity contribution is 7.89. The maximum Gasteiger partial charge on any atom is 0.243 e. The van der Waals surface area contributed by atoms with Gasteiger partial charge in [-0.15, -0.1) is 0 Å². The number of nitrogens with one attached hydrogen (secondary N) is 2. The number of piperidine rings is 1. The molecular formula is C24H28FN5O4S. The first-order valence-corrected chi connectivity index (χ1v) is 12.8. The Bertz CT molecular complexity index is 1300. The smallest absolute Gasteiger partial charge is 0.243 e. The van der Waals surface area contributed by atoms with E-state index in [9.17, 15) is 17.6 Å². The van der Waals surface area contributed by atoms with Gasteiger partial charge in [0.25, 0.3) is 0 Å². The Morgan fingerprint density at radius 2 is 1.80 bits per heavy atom. The summed E-state index contributed by atoms with van der Waals surface area (Å²) in [6.45, 7) is 2.73. The van der Waals surface area contributed by atoms with Gasteiger partial charge >= 0.3 is 0 Å². The lowest BCUT2D eigenvalue weighted by atomic mass is 10.2. The van der Waals surface area contributed by atoms with Crippen molar-refractivity contribution in [2.45, 2.75) is 31.1 Å². The number of ether oxygens (including phenoxy) is 1. The van der Waals surface area contributed by atoms with Crippen LogP contribution in [0, 0.1) is 12.7 Å². The topological polar surface area (TPSA) is 106 Å². The molecule has 1 aromatic heterocycles. The minimum absolute atomic E-state index is 0.0811. The molecule has 0 aliphatic carbocycles. The highest BCUT2D eigenvalue weighted by Gasteiger charge is 2.27. The van der Waals surface area contributed by atoms with Crippen LogP contribution in [0.2, 0.25) is 0 Å². The highest BCUT2D eigenvalue weighted by Crippen LogP contribution is 2.30. The number of carbonyl (C=O) groups excluding carboxylic acids is 1. The van der Waals surface area contributed by atoms with Gasteiger partial charge in [-0.2, -0.15) is 9.40 Å². The van der Waals surface area contributed by atoms with Crippen molar-refractivity contribution in [2.24, 2.45) is 0 Å². The first kappa shape index (κ1) is 24.7. The fourth-order valence-electron chi connectivity index (χ4n) is 4.00. The molecule has 1 fully saturated rings. The summed E-state index contributed by atoms with van der Waals surface area (Å²) in [6, 6.07) is 10.4. The van der Waals surface area contributed by atoms with E-state index in [4.69, 9.17) is 4.74 Å². The van der Waals surface area contributed by atoms with Gasteiger partial charge in [-0.1, -0.05) is 6.42 Å². The molecule has 1 amide bonds. The molecule has 0 unspecified atom stereocenters. The Kier molecular flexibility index (Phi) is 7.37. The van der Waals surface area contributed by atoms with Gasteiger partial charge in [-0.05, 0) is 62.2 Å². The fraction of sp³-hybridized carbons (Fsp3) is 0.333. The van der Waals surface area contributed by atoms with Crippen molar-refractivity contribution in [3.05, 3.63) is 60.2 Å². The van der Waals surface area contributed by atoms with Crippen LogP contribution >= 0.6 is 0 Å². The molecule has 35 heavy (non-hydrogen) atoms. The van der Waals surface area contributed by atoms with E-state index in [-0.39, 0.29) is 28.9 Å². The van der Waals surface area contributed by atoms with Gasteiger partial charge in [0.1, 0.15) is 11.6 Å². The van der Waals surface area contributed by atoms with Crippen molar-refractivity contribution in [3.8, 4) is 11.4 Å². The largest absolute Gasteiger partial charge is 0.495 e. The first-order valence-electron chi connectivity index (χ1n) is 11.3. The van der Waals surface area contributed by atoms with Crippen LogP contribution in [0.3, 0.4) is 0 Å². The maximum atomic E-state index is 13.2. The van der Waals surface area contributed by atoms with Crippen molar-refractivity contribution >= 4 is 27.3 Å². The molecule has 9 nitrogen and oxygen atoms in total. The number of carbonyl (C=O) groups is 1. The third-order valence-electron chi connectivity index (χ3n) is 5.92. The first-order chi connectivity index (χ1) is 16.8. The number of benzene rings is 2. The number of anilines is 2. The Morgan fingerprint density at radius 3 is 2.49 bits per heavy atom. The number of rotatable bonds is 8. The second-order valence-corrected chi connectivity index (χ2v) is 10.2. The summed E-state index contributed by atoms with van der Waals surface area (Å²) >= 11 is 0. The van der Waals surface area contributed by atoms with Crippen molar-refractivity contribution in [3.63, 3.8) is 0 Å². The summed E-state index contributed by atoms with van der Waals surface area (Å²) in [5.41, 5.74) is 2.35. The lowest BCUT2D eigenvalue weighted by molar-refractivity contribution is -0.114. The van der Waals surface area contributed by atoms with Crippen molar-refractivity contribution < 1.29 is 22.3 Å². The molecule has 186 valence electrons. The summed E-state index contributed by atoms with van der Waals surface area (Å²) in [4.78, 5) is 12.8.